The van der Waals surface area contributed by atoms with Crippen molar-refractivity contribution in [1.29, 1.82) is 0 Å². The molecule has 0 spiro atoms. The molecule has 0 saturated heterocycles. The lowest BCUT2D eigenvalue weighted by Crippen LogP contribution is -2.56. The number of halogens is 7. The van der Waals surface area contributed by atoms with E-state index in [0.29, 0.717) is 92.5 Å². The zero-order valence-electron chi connectivity index (χ0n) is 78.5. The molecule has 19 rings (SSSR count). The summed E-state index contributed by atoms with van der Waals surface area (Å²) in [5, 5.41) is 66.2. The summed E-state index contributed by atoms with van der Waals surface area (Å²) in [7, 11) is 17.4. The number of aromatic nitrogens is 3. The Balaban J connectivity index is 0.000000133. The predicted molar refractivity (Wildman–Crippen MR) is 557 cm³/mol. The van der Waals surface area contributed by atoms with Crippen molar-refractivity contribution in [2.75, 3.05) is 77.0 Å². The van der Waals surface area contributed by atoms with Crippen molar-refractivity contribution in [1.82, 2.24) is 37.2 Å². The lowest BCUT2D eigenvalue weighted by atomic mass is 9.99. The Morgan fingerprint density at radius 3 is 0.942 bits per heavy atom. The second-order valence-corrected chi connectivity index (χ2v) is 39.3. The maximum Gasteiger partial charge on any atom is 0.372 e. The molecule has 4 unspecified atom stereocenters. The largest absolute Gasteiger partial charge is 0.372 e. The average Bonchev–Trinajstić information content (AvgIpc) is 1.61. The standard InChI is InChI=1S/C18H17Cl2N2O2.C18H17ClN3O4.2C18H18ClN2O2.C17H13ClN4.C17H16ClN2O/c1-18(24)17(23)22(2,3)15-9-8-11(19)10-13(15)16(21-18)12-6-4-5-7-14(12)20;1-18(24)17(23)22(2,3)15-9-8-11(21(25)26)10-13(15)16(20-18)12-6-4-5-7-14(12)19;2*1-18(23)17(22)21(2,3)15-10-9-13(19)11-14(15)16(20-18)12-7-5-4-6-8-12;1-11-20-21-16-10-19-17(12-5-3-2-4-6-12)14-9-13(18)7-8-15(14)22(11)16;1-20(2)15-9-8-13(18)10-14(15)17(19-11-16(20)21)12-6-4-3-5-7-12/h4-10,24H,1-3H3;4-10,24H,1-3H3;2*4-11,23H,1-3H3;2-9H,10H2,1H3;3-10H,11H2,1-2H3/q4*+1;;+1. The van der Waals surface area contributed by atoms with Crippen LogP contribution in [0.3, 0.4) is 0 Å². The van der Waals surface area contributed by atoms with Crippen molar-refractivity contribution in [2.45, 2.75) is 64.1 Å². The summed E-state index contributed by atoms with van der Waals surface area (Å²) in [6.07, 6.45) is 0. The Bertz CT molecular complexity index is 7160. The summed E-state index contributed by atoms with van der Waals surface area (Å²) < 4.78 is 1.52. The minimum atomic E-state index is -2.02. The van der Waals surface area contributed by atoms with Gasteiger partial charge in [-0.05, 0) is 113 Å². The van der Waals surface area contributed by atoms with Crippen molar-refractivity contribution >= 4 is 179 Å². The van der Waals surface area contributed by atoms with Gasteiger partial charge < -0.3 is 20.4 Å². The Hall–Kier alpha value is -12.8. The van der Waals surface area contributed by atoms with Crippen LogP contribution >= 0.6 is 81.2 Å². The Kier molecular flexibility index (Phi) is 29.3. The molecule has 7 heterocycles. The molecule has 4 N–H and O–H groups in total. The number of aliphatic imine (C=N–C) groups is 6. The average molecular weight is 2010 g/mol. The molecule has 26 nitrogen and oxygen atoms in total. The second-order valence-electron chi connectivity index (χ2n) is 36.3. The van der Waals surface area contributed by atoms with Gasteiger partial charge in [0.15, 0.2) is 12.4 Å². The molecular weight excluding hydrogens is 1910 g/mol. The number of amides is 5. The monoisotopic (exact) mass is 2000 g/mol. The van der Waals surface area contributed by atoms with Gasteiger partial charge in [0.05, 0.1) is 143 Å². The minimum Gasteiger partial charge on any atom is -0.359 e. The highest BCUT2D eigenvalue weighted by molar-refractivity contribution is 6.38. The van der Waals surface area contributed by atoms with Crippen molar-refractivity contribution in [3.05, 3.63) is 403 Å². The molecule has 139 heavy (non-hydrogen) atoms. The normalized spacial score (nSPS) is 20.2. The zero-order chi connectivity index (χ0) is 101. The first-order valence-corrected chi connectivity index (χ1v) is 46.3. The lowest BCUT2D eigenvalue weighted by Gasteiger charge is -2.29. The van der Waals surface area contributed by atoms with Crippen LogP contribution in [-0.2, 0) is 30.5 Å². The highest BCUT2D eigenvalue weighted by Crippen LogP contribution is 2.44. The number of quaternary nitrogens is 5. The summed E-state index contributed by atoms with van der Waals surface area (Å²) in [5.74, 6) is -0.0404. The van der Waals surface area contributed by atoms with E-state index in [2.05, 4.69) is 47.3 Å². The number of hydrogen-bond acceptors (Lipinski definition) is 19. The van der Waals surface area contributed by atoms with Crippen molar-refractivity contribution < 1.29 is 49.3 Å². The van der Waals surface area contributed by atoms with Gasteiger partial charge in [0.25, 0.3) is 28.6 Å². The number of non-ortho nitro benzene ring substituents is 1. The van der Waals surface area contributed by atoms with E-state index in [4.69, 9.17) is 86.2 Å². The summed E-state index contributed by atoms with van der Waals surface area (Å²) in [6.45, 7) is 8.15. The molecule has 0 aliphatic carbocycles. The van der Waals surface area contributed by atoms with E-state index >= 15 is 0 Å². The molecule has 33 heteroatoms. The Labute approximate surface area is 839 Å². The maximum atomic E-state index is 12.9. The number of nitro benzene ring substituents is 1. The third kappa shape index (κ3) is 20.8. The molecule has 6 aliphatic rings. The number of fused-ring (bicyclic) bond motifs is 8. The maximum absolute atomic E-state index is 12.9. The molecule has 6 aliphatic heterocycles. The van der Waals surface area contributed by atoms with E-state index in [-0.39, 0.29) is 46.3 Å². The first-order valence-electron chi connectivity index (χ1n) is 43.7. The number of nitrogens with zero attached hydrogens (tertiary/aromatic N) is 15. The fraction of sp³-hybridized carbons (Fsp3) is 0.198. The fourth-order valence-electron chi connectivity index (χ4n) is 17.4. The third-order valence-corrected chi connectivity index (χ3v) is 26.3. The summed E-state index contributed by atoms with van der Waals surface area (Å²) in [5.41, 5.74) is 9.79. The van der Waals surface area contributed by atoms with Crippen LogP contribution in [0.2, 0.25) is 35.2 Å². The van der Waals surface area contributed by atoms with Gasteiger partial charge in [-0.1, -0.05) is 239 Å². The first kappa shape index (κ1) is 102. The molecule has 12 aromatic carbocycles. The molecule has 5 amide bonds. The number of carbonyl (C=O) groups is 5. The summed E-state index contributed by atoms with van der Waals surface area (Å²) in [6, 6.07) is 84.6. The van der Waals surface area contributed by atoms with E-state index in [1.54, 1.807) is 135 Å². The summed E-state index contributed by atoms with van der Waals surface area (Å²) >= 11 is 43.5. The number of carbonyl (C=O) groups excluding carboxylic acids is 5. The van der Waals surface area contributed by atoms with E-state index in [1.165, 1.54) is 45.9 Å². The van der Waals surface area contributed by atoms with Crippen LogP contribution in [0.5, 0.6) is 0 Å². The van der Waals surface area contributed by atoms with Crippen LogP contribution in [0.15, 0.2) is 309 Å². The van der Waals surface area contributed by atoms with E-state index in [9.17, 15) is 54.5 Å². The SMILES string of the molecule is CC1(O)N=C(c2ccccc2)c2cc(Cl)ccc2[N+](C)(C)C1=O.CC1(O)N=C(c2ccccc2)c2cc(Cl)ccc2[N+](C)(C)C1=O.CC1(O)N=C(c2ccccc2Cl)c2cc(Cl)ccc2[N+](C)(C)C1=O.CC1(O)N=C(c2ccccc2Cl)c2cc([N+](=O)[O-])ccc2[N+](C)(C)C1=O.C[N+]1(C)C(=O)CN=C(c2ccccc2)c2cc(Cl)ccc21.Cc1nnc2n1-c1ccc(Cl)cc1C(c1ccccc1)=NC2. The summed E-state index contributed by atoms with van der Waals surface area (Å²) in [4.78, 5) is 101. The van der Waals surface area contributed by atoms with Gasteiger partial charge in [-0.3, -0.25) is 24.7 Å². The molecular formula is C106H99Cl7N15O11+5. The highest BCUT2D eigenvalue weighted by atomic mass is 35.5. The van der Waals surface area contributed by atoms with Crippen LogP contribution in [0, 0.1) is 17.0 Å². The topological polar surface area (TPSA) is 314 Å². The van der Waals surface area contributed by atoms with Gasteiger partial charge in [-0.2, -0.15) is 0 Å². The number of rotatable bonds is 7. The van der Waals surface area contributed by atoms with Crippen LogP contribution in [0.4, 0.5) is 34.1 Å². The molecule has 708 valence electrons. The van der Waals surface area contributed by atoms with Crippen LogP contribution in [0.1, 0.15) is 106 Å². The van der Waals surface area contributed by atoms with Crippen LogP contribution < -0.4 is 22.4 Å². The number of hydrogen-bond donors (Lipinski definition) is 4. The van der Waals surface area contributed by atoms with Gasteiger partial charge >= 0.3 is 29.5 Å². The zero-order valence-corrected chi connectivity index (χ0v) is 83.8. The molecule has 0 radical (unpaired) electrons. The Morgan fingerprint density at radius 2 is 0.590 bits per heavy atom. The van der Waals surface area contributed by atoms with Gasteiger partial charge in [0, 0.05) is 117 Å². The number of likely N-dealkylation sites (N-methyl/N-ethyl adjacent to an activating group) is 5. The lowest BCUT2D eigenvalue weighted by molar-refractivity contribution is -0.384. The van der Waals surface area contributed by atoms with Crippen LogP contribution in [0.25, 0.3) is 5.69 Å². The smallest absolute Gasteiger partial charge is 0.359 e. The number of aryl methyl sites for hydroxylation is 1. The molecule has 13 aromatic rings. The Morgan fingerprint density at radius 1 is 0.317 bits per heavy atom. The van der Waals surface area contributed by atoms with E-state index in [0.717, 1.165) is 90.3 Å². The molecule has 1 aromatic heterocycles. The number of benzene rings is 12. The molecule has 0 bridgehead atoms. The fourth-order valence-corrected chi connectivity index (χ4v) is 18.8. The first-order chi connectivity index (χ1) is 65.4. The number of nitro groups is 1. The predicted octanol–water partition coefficient (Wildman–Crippen LogP) is 19.4. The number of benzodiazepines with no additional fused rings is 5. The van der Waals surface area contributed by atoms with Crippen LogP contribution in [-0.4, -0.2) is 204 Å². The highest BCUT2D eigenvalue weighted by Gasteiger charge is 2.54. The van der Waals surface area contributed by atoms with Gasteiger partial charge in [0.2, 0.25) is 0 Å². The quantitative estimate of drug-likeness (QED) is 0.0656. The van der Waals surface area contributed by atoms with E-state index in [1.807, 2.05) is 195 Å². The number of aliphatic hydroxyl groups is 4. The third-order valence-electron chi connectivity index (χ3n) is 24.4. The van der Waals surface area contributed by atoms with Crippen molar-refractivity contribution in [3.8, 4) is 5.69 Å². The molecule has 0 saturated carbocycles. The van der Waals surface area contributed by atoms with Crippen molar-refractivity contribution in [3.63, 3.8) is 0 Å². The van der Waals surface area contributed by atoms with Gasteiger partial charge in [0.1, 0.15) is 40.8 Å². The minimum absolute atomic E-state index is 0.0597. The van der Waals surface area contributed by atoms with E-state index < -0.39 is 51.5 Å². The van der Waals surface area contributed by atoms with Crippen molar-refractivity contribution in [2.24, 2.45) is 30.0 Å². The van der Waals surface area contributed by atoms with Gasteiger partial charge in [-0.25, -0.2) is 66.4 Å². The second kappa shape index (κ2) is 39.8. The molecule has 0 fully saturated rings. The molecule has 4 atom stereocenters. The van der Waals surface area contributed by atoms with Gasteiger partial charge in [-0.15, -0.1) is 10.2 Å².